The molecule has 6 heteroatoms. The molecule has 1 aromatic carbocycles. The van der Waals surface area contributed by atoms with Gasteiger partial charge in [-0.3, -0.25) is 9.59 Å². The van der Waals surface area contributed by atoms with Crippen LogP contribution in [0.5, 0.6) is 0 Å². The number of hydrogen-bond acceptors (Lipinski definition) is 3. The Morgan fingerprint density at radius 2 is 2.29 bits per heavy atom. The first kappa shape index (κ1) is 11.7. The number of fused-ring (bicyclic) bond motifs is 1. The third-order valence-corrected chi connectivity index (χ3v) is 2.96. The fraction of sp³-hybridized carbons (Fsp3) is 0.273. The lowest BCUT2D eigenvalue weighted by Gasteiger charge is -2.32. The van der Waals surface area contributed by atoms with Gasteiger partial charge in [0.05, 0.1) is 22.8 Å². The van der Waals surface area contributed by atoms with E-state index in [2.05, 4.69) is 5.32 Å². The molecule has 1 aliphatic heterocycles. The van der Waals surface area contributed by atoms with Crippen molar-refractivity contribution in [3.05, 3.63) is 23.2 Å². The number of rotatable bonds is 2. The van der Waals surface area contributed by atoms with Crippen LogP contribution < -0.4 is 10.2 Å². The number of para-hydroxylation sites is 1. The molecule has 5 nitrogen and oxygen atoms in total. The van der Waals surface area contributed by atoms with Gasteiger partial charge in [-0.1, -0.05) is 17.7 Å². The standard InChI is InChI=1S/C11H11ClN2O3/c1-14-10-6(12)3-2-4-7(10)13-8(11(14)17)5-9(15)16/h2-4,8,13H,5H2,1H3,(H,15,16). The molecule has 0 bridgehead atoms. The van der Waals surface area contributed by atoms with E-state index < -0.39 is 12.0 Å². The number of carboxylic acids is 1. The smallest absolute Gasteiger partial charge is 0.305 e. The van der Waals surface area contributed by atoms with Gasteiger partial charge in [0, 0.05) is 7.05 Å². The van der Waals surface area contributed by atoms with Crippen LogP contribution in [-0.4, -0.2) is 30.1 Å². The van der Waals surface area contributed by atoms with Gasteiger partial charge in [-0.15, -0.1) is 0 Å². The Balaban J connectivity index is 2.39. The summed E-state index contributed by atoms with van der Waals surface area (Å²) in [6.45, 7) is 0. The molecular formula is C11H11ClN2O3. The predicted octanol–water partition coefficient (Wildman–Crippen LogP) is 1.57. The van der Waals surface area contributed by atoms with Gasteiger partial charge < -0.3 is 15.3 Å². The second-order valence-corrected chi connectivity index (χ2v) is 4.24. The van der Waals surface area contributed by atoms with E-state index in [1.165, 1.54) is 4.90 Å². The van der Waals surface area contributed by atoms with Crippen molar-refractivity contribution in [1.82, 2.24) is 0 Å². The van der Waals surface area contributed by atoms with E-state index in [4.69, 9.17) is 16.7 Å². The molecule has 0 aromatic heterocycles. The van der Waals surface area contributed by atoms with E-state index in [1.807, 2.05) is 0 Å². The number of benzene rings is 1. The van der Waals surface area contributed by atoms with E-state index in [9.17, 15) is 9.59 Å². The Bertz CT molecular complexity index is 490. The number of carbonyl (C=O) groups is 2. The van der Waals surface area contributed by atoms with E-state index in [1.54, 1.807) is 25.2 Å². The van der Waals surface area contributed by atoms with Crippen molar-refractivity contribution in [2.75, 3.05) is 17.3 Å². The lowest BCUT2D eigenvalue weighted by Crippen LogP contribution is -2.46. The SMILES string of the molecule is CN1C(=O)C(CC(=O)O)Nc2cccc(Cl)c21. The first-order valence-electron chi connectivity index (χ1n) is 5.05. The highest BCUT2D eigenvalue weighted by molar-refractivity contribution is 6.35. The lowest BCUT2D eigenvalue weighted by molar-refractivity contribution is -0.138. The Morgan fingerprint density at radius 1 is 1.59 bits per heavy atom. The van der Waals surface area contributed by atoms with Crippen LogP contribution in [0.25, 0.3) is 0 Å². The summed E-state index contributed by atoms with van der Waals surface area (Å²) in [6.07, 6.45) is -0.255. The number of nitrogens with zero attached hydrogens (tertiary/aromatic N) is 1. The zero-order valence-electron chi connectivity index (χ0n) is 9.11. The normalized spacial score (nSPS) is 18.6. The predicted molar refractivity (Wildman–Crippen MR) is 64.5 cm³/mol. The molecule has 1 aliphatic rings. The molecule has 1 amide bonds. The molecule has 0 aliphatic carbocycles. The first-order valence-corrected chi connectivity index (χ1v) is 5.43. The van der Waals surface area contributed by atoms with Crippen LogP contribution in [0.15, 0.2) is 18.2 Å². The maximum absolute atomic E-state index is 11.9. The van der Waals surface area contributed by atoms with Crippen LogP contribution in [0, 0.1) is 0 Å². The second-order valence-electron chi connectivity index (χ2n) is 3.83. The quantitative estimate of drug-likeness (QED) is 0.841. The second kappa shape index (κ2) is 4.25. The first-order chi connectivity index (χ1) is 8.00. The minimum atomic E-state index is -1.02. The van der Waals surface area contributed by atoms with Gasteiger partial charge >= 0.3 is 5.97 Å². The van der Waals surface area contributed by atoms with Crippen molar-refractivity contribution in [2.24, 2.45) is 0 Å². The Kier molecular flexibility index (Phi) is 2.93. The third kappa shape index (κ3) is 2.06. The summed E-state index contributed by atoms with van der Waals surface area (Å²) < 4.78 is 0. The van der Waals surface area contributed by atoms with Gasteiger partial charge in [-0.2, -0.15) is 0 Å². The van der Waals surface area contributed by atoms with Gasteiger partial charge in [0.15, 0.2) is 0 Å². The summed E-state index contributed by atoms with van der Waals surface area (Å²) in [5.41, 5.74) is 1.26. The molecule has 17 heavy (non-hydrogen) atoms. The molecule has 90 valence electrons. The van der Waals surface area contributed by atoms with E-state index in [-0.39, 0.29) is 12.3 Å². The van der Waals surface area contributed by atoms with Gasteiger partial charge in [0.25, 0.3) is 0 Å². The molecule has 0 fully saturated rings. The Hall–Kier alpha value is -1.75. The van der Waals surface area contributed by atoms with E-state index in [0.29, 0.717) is 16.4 Å². The van der Waals surface area contributed by atoms with Crippen LogP contribution >= 0.6 is 11.6 Å². The Morgan fingerprint density at radius 3 is 2.94 bits per heavy atom. The van der Waals surface area contributed by atoms with E-state index >= 15 is 0 Å². The Labute approximate surface area is 103 Å². The topological polar surface area (TPSA) is 69.6 Å². The number of amides is 1. The molecular weight excluding hydrogens is 244 g/mol. The van der Waals surface area contributed by atoms with Crippen molar-refractivity contribution in [3.8, 4) is 0 Å². The zero-order valence-corrected chi connectivity index (χ0v) is 9.86. The molecule has 0 spiro atoms. The van der Waals surface area contributed by atoms with Crippen LogP contribution in [0.1, 0.15) is 6.42 Å². The maximum atomic E-state index is 11.9. The summed E-state index contributed by atoms with van der Waals surface area (Å²) in [6, 6.07) is 4.45. The third-order valence-electron chi connectivity index (χ3n) is 2.66. The van der Waals surface area contributed by atoms with Gasteiger partial charge in [-0.25, -0.2) is 0 Å². The minimum absolute atomic E-state index is 0.255. The maximum Gasteiger partial charge on any atom is 0.305 e. The molecule has 1 atom stereocenters. The van der Waals surface area contributed by atoms with Crippen LogP contribution in [-0.2, 0) is 9.59 Å². The summed E-state index contributed by atoms with van der Waals surface area (Å²) in [5, 5.41) is 12.1. The van der Waals surface area contributed by atoms with Crippen molar-refractivity contribution in [3.63, 3.8) is 0 Å². The van der Waals surface area contributed by atoms with Crippen molar-refractivity contribution in [2.45, 2.75) is 12.5 Å². The highest BCUT2D eigenvalue weighted by Gasteiger charge is 2.32. The number of likely N-dealkylation sites (N-methyl/N-ethyl adjacent to an activating group) is 1. The average Bonchev–Trinajstić information content (AvgIpc) is 2.24. The molecule has 0 saturated heterocycles. The molecule has 2 N–H and O–H groups in total. The molecule has 0 radical (unpaired) electrons. The van der Waals surface area contributed by atoms with Crippen LogP contribution in [0.4, 0.5) is 11.4 Å². The monoisotopic (exact) mass is 254 g/mol. The van der Waals surface area contributed by atoms with Crippen molar-refractivity contribution in [1.29, 1.82) is 0 Å². The molecule has 1 unspecified atom stereocenters. The molecule has 0 saturated carbocycles. The number of aliphatic carboxylic acids is 1. The zero-order chi connectivity index (χ0) is 12.6. The molecule has 1 heterocycles. The fourth-order valence-corrected chi connectivity index (χ4v) is 2.18. The lowest BCUT2D eigenvalue weighted by atomic mass is 10.1. The number of anilines is 2. The highest BCUT2D eigenvalue weighted by Crippen LogP contribution is 2.37. The number of halogens is 1. The summed E-state index contributed by atoms with van der Waals surface area (Å²) in [7, 11) is 1.59. The van der Waals surface area contributed by atoms with Crippen molar-refractivity contribution < 1.29 is 14.7 Å². The van der Waals surface area contributed by atoms with Crippen LogP contribution in [0.3, 0.4) is 0 Å². The highest BCUT2D eigenvalue weighted by atomic mass is 35.5. The number of hydrogen-bond donors (Lipinski definition) is 2. The average molecular weight is 255 g/mol. The summed E-state index contributed by atoms with van der Waals surface area (Å²) in [5.74, 6) is -1.32. The fourth-order valence-electron chi connectivity index (χ4n) is 1.88. The van der Waals surface area contributed by atoms with Gasteiger partial charge in [0.2, 0.25) is 5.91 Å². The largest absolute Gasteiger partial charge is 0.481 e. The number of carbonyl (C=O) groups excluding carboxylic acids is 1. The molecule has 1 aromatic rings. The van der Waals surface area contributed by atoms with E-state index in [0.717, 1.165) is 0 Å². The van der Waals surface area contributed by atoms with Crippen LogP contribution in [0.2, 0.25) is 5.02 Å². The summed E-state index contributed by atoms with van der Waals surface area (Å²) in [4.78, 5) is 24.0. The minimum Gasteiger partial charge on any atom is -0.481 e. The van der Waals surface area contributed by atoms with Gasteiger partial charge in [0.1, 0.15) is 6.04 Å². The van der Waals surface area contributed by atoms with Crippen molar-refractivity contribution >= 4 is 34.9 Å². The van der Waals surface area contributed by atoms with Gasteiger partial charge in [-0.05, 0) is 12.1 Å². The summed E-state index contributed by atoms with van der Waals surface area (Å²) >= 11 is 6.01. The number of carboxylic acid groups (broad SMARTS) is 1. The molecule has 2 rings (SSSR count). The number of nitrogens with one attached hydrogen (secondary N) is 1.